The number of carboxylic acid groups (broad SMARTS) is 1. The molecule has 0 radical (unpaired) electrons. The Morgan fingerprint density at radius 1 is 0.806 bits per heavy atom. The molecule has 0 aliphatic carbocycles. The molecule has 5 nitrogen and oxygen atoms in total. The highest BCUT2D eigenvalue weighted by Gasteiger charge is 2.22. The van der Waals surface area contributed by atoms with Gasteiger partial charge in [0.05, 0.1) is 21.1 Å². The summed E-state index contributed by atoms with van der Waals surface area (Å²) in [4.78, 5) is 22.9. The van der Waals surface area contributed by atoms with Crippen molar-refractivity contribution in [1.29, 1.82) is 0 Å². The maximum absolute atomic E-state index is 12.0. The third kappa shape index (κ3) is 21.9. The van der Waals surface area contributed by atoms with E-state index in [1.54, 1.807) is 0 Å². The van der Waals surface area contributed by atoms with Gasteiger partial charge in [-0.05, 0) is 12.3 Å². The Bertz CT molecular complexity index is 459. The van der Waals surface area contributed by atoms with Crippen molar-refractivity contribution in [3.05, 3.63) is 0 Å². The predicted molar refractivity (Wildman–Crippen MR) is 126 cm³/mol. The summed E-state index contributed by atoms with van der Waals surface area (Å²) in [6.07, 6.45) is 17.4. The number of carbonyl (C=O) groups is 2. The van der Waals surface area contributed by atoms with Gasteiger partial charge < -0.3 is 19.1 Å². The zero-order valence-corrected chi connectivity index (χ0v) is 21.3. The normalized spacial score (nSPS) is 13.7. The number of aliphatic carboxylic acids is 1. The fourth-order valence-electron chi connectivity index (χ4n) is 3.92. The zero-order chi connectivity index (χ0) is 23.5. The summed E-state index contributed by atoms with van der Waals surface area (Å²) in [6.45, 7) is 5.11. The molecule has 5 heteroatoms. The third-order valence-electron chi connectivity index (χ3n) is 5.97. The van der Waals surface area contributed by atoms with Gasteiger partial charge in [0.25, 0.3) is 0 Å². The number of hydrogen-bond acceptors (Lipinski definition) is 4. The molecule has 0 N–H and O–H groups in total. The minimum absolute atomic E-state index is 0.237. The smallest absolute Gasteiger partial charge is 0.306 e. The number of hydrogen-bond donors (Lipinski definition) is 0. The van der Waals surface area contributed by atoms with Crippen LogP contribution in [0.5, 0.6) is 0 Å². The lowest BCUT2D eigenvalue weighted by Gasteiger charge is -2.29. The largest absolute Gasteiger partial charge is 0.550 e. The number of carbonyl (C=O) groups excluding carboxylic acids is 2. The first-order valence-corrected chi connectivity index (χ1v) is 12.8. The average molecular weight is 442 g/mol. The molecule has 0 aliphatic heterocycles. The maximum atomic E-state index is 12.0. The molecule has 31 heavy (non-hydrogen) atoms. The second-order valence-corrected chi connectivity index (χ2v) is 10.5. The van der Waals surface area contributed by atoms with Crippen molar-refractivity contribution in [3.63, 3.8) is 0 Å². The quantitative estimate of drug-likeness (QED) is 0.139. The van der Waals surface area contributed by atoms with Gasteiger partial charge in [-0.2, -0.15) is 0 Å². The molecule has 184 valence electrons. The molecule has 0 amide bonds. The monoisotopic (exact) mass is 441 g/mol. The van der Waals surface area contributed by atoms with Crippen molar-refractivity contribution in [3.8, 4) is 0 Å². The Morgan fingerprint density at radius 3 is 1.68 bits per heavy atom. The van der Waals surface area contributed by atoms with Crippen LogP contribution in [-0.4, -0.2) is 50.2 Å². The minimum atomic E-state index is -1.17. The van der Waals surface area contributed by atoms with Crippen LogP contribution in [0, 0.1) is 5.92 Å². The van der Waals surface area contributed by atoms with E-state index < -0.39 is 12.1 Å². The van der Waals surface area contributed by atoms with Gasteiger partial charge in [-0.3, -0.25) is 4.79 Å². The SMILES string of the molecule is CCC(C)CCCCCCCCCCCCCCC(=O)OC(CC(=O)[O-])C[N+](C)(C)C. The molecule has 0 heterocycles. The van der Waals surface area contributed by atoms with E-state index >= 15 is 0 Å². The maximum Gasteiger partial charge on any atom is 0.306 e. The van der Waals surface area contributed by atoms with Gasteiger partial charge in [0, 0.05) is 18.8 Å². The lowest BCUT2D eigenvalue weighted by Crippen LogP contribution is -2.45. The van der Waals surface area contributed by atoms with E-state index in [0.29, 0.717) is 17.4 Å². The van der Waals surface area contributed by atoms with E-state index in [0.717, 1.165) is 25.2 Å². The van der Waals surface area contributed by atoms with Crippen molar-refractivity contribution < 1.29 is 23.9 Å². The summed E-state index contributed by atoms with van der Waals surface area (Å²) in [5.74, 6) is -0.568. The predicted octanol–water partition coefficient (Wildman–Crippen LogP) is 5.25. The first kappa shape index (κ1) is 29.9. The number of likely N-dealkylation sites (N-methyl/N-ethyl adjacent to an activating group) is 1. The molecular weight excluding hydrogens is 390 g/mol. The molecule has 0 aromatic carbocycles. The Balaban J connectivity index is 3.57. The van der Waals surface area contributed by atoms with E-state index in [4.69, 9.17) is 4.74 Å². The van der Waals surface area contributed by atoms with Crippen molar-refractivity contribution in [2.75, 3.05) is 27.7 Å². The highest BCUT2D eigenvalue weighted by Crippen LogP contribution is 2.16. The second-order valence-electron chi connectivity index (χ2n) is 10.5. The van der Waals surface area contributed by atoms with Gasteiger partial charge in [0.2, 0.25) is 0 Å². The summed E-state index contributed by atoms with van der Waals surface area (Å²) in [5.41, 5.74) is 0. The number of quaternary nitrogens is 1. The first-order chi connectivity index (χ1) is 14.6. The summed E-state index contributed by atoms with van der Waals surface area (Å²) in [6, 6.07) is 0. The summed E-state index contributed by atoms with van der Waals surface area (Å²) < 4.78 is 5.93. The molecule has 0 bridgehead atoms. The fraction of sp³-hybridized carbons (Fsp3) is 0.923. The van der Waals surface area contributed by atoms with E-state index in [2.05, 4.69) is 13.8 Å². The Hall–Kier alpha value is -1.10. The van der Waals surface area contributed by atoms with Gasteiger partial charge in [0.15, 0.2) is 6.10 Å². The van der Waals surface area contributed by atoms with Crippen LogP contribution < -0.4 is 5.11 Å². The molecule has 0 aromatic rings. The molecule has 0 aromatic heterocycles. The van der Waals surface area contributed by atoms with E-state index in [1.807, 2.05) is 21.1 Å². The van der Waals surface area contributed by atoms with Crippen LogP contribution in [0.3, 0.4) is 0 Å². The van der Waals surface area contributed by atoms with E-state index in [-0.39, 0.29) is 12.4 Å². The number of esters is 1. The van der Waals surface area contributed by atoms with E-state index in [9.17, 15) is 14.7 Å². The summed E-state index contributed by atoms with van der Waals surface area (Å²) in [5, 5.41) is 10.9. The van der Waals surface area contributed by atoms with Gasteiger partial charge in [0.1, 0.15) is 6.54 Å². The Morgan fingerprint density at radius 2 is 1.26 bits per heavy atom. The number of nitrogens with zero attached hydrogens (tertiary/aromatic N) is 1. The van der Waals surface area contributed by atoms with Crippen LogP contribution in [-0.2, 0) is 14.3 Å². The number of carboxylic acids is 1. The number of unbranched alkanes of at least 4 members (excludes halogenated alkanes) is 11. The van der Waals surface area contributed by atoms with Crippen LogP contribution in [0.15, 0.2) is 0 Å². The standard InChI is InChI=1S/C26H51NO4/c1-6-23(2)19-17-15-13-11-9-7-8-10-12-14-16-18-20-26(30)31-24(21-25(28)29)22-27(3,4)5/h23-24H,6-22H2,1-5H3. The first-order valence-electron chi connectivity index (χ1n) is 12.8. The third-order valence-corrected chi connectivity index (χ3v) is 5.97. The molecule has 2 unspecified atom stereocenters. The lowest BCUT2D eigenvalue weighted by atomic mass is 9.99. The lowest BCUT2D eigenvalue weighted by molar-refractivity contribution is -0.873. The minimum Gasteiger partial charge on any atom is -0.550 e. The topological polar surface area (TPSA) is 66.4 Å². The molecule has 0 fully saturated rings. The zero-order valence-electron chi connectivity index (χ0n) is 21.3. The van der Waals surface area contributed by atoms with Crippen LogP contribution in [0.4, 0.5) is 0 Å². The van der Waals surface area contributed by atoms with Crippen LogP contribution in [0.1, 0.15) is 117 Å². The Kier molecular flexibility index (Phi) is 17.8. The fourth-order valence-corrected chi connectivity index (χ4v) is 3.92. The molecule has 0 aliphatic rings. The molecule has 0 saturated heterocycles. The van der Waals surface area contributed by atoms with Crippen molar-refractivity contribution in [1.82, 2.24) is 0 Å². The molecule has 2 atom stereocenters. The van der Waals surface area contributed by atoms with Crippen molar-refractivity contribution >= 4 is 11.9 Å². The Labute approximate surface area is 192 Å². The number of rotatable bonds is 21. The highest BCUT2D eigenvalue weighted by atomic mass is 16.5. The van der Waals surface area contributed by atoms with Gasteiger partial charge in [-0.15, -0.1) is 0 Å². The van der Waals surface area contributed by atoms with Crippen molar-refractivity contribution in [2.24, 2.45) is 5.92 Å². The molecule has 0 saturated carbocycles. The molecule has 0 rings (SSSR count). The number of ether oxygens (including phenoxy) is 1. The summed E-state index contributed by atoms with van der Waals surface area (Å²) >= 11 is 0. The summed E-state index contributed by atoms with van der Waals surface area (Å²) in [7, 11) is 5.85. The van der Waals surface area contributed by atoms with Crippen LogP contribution >= 0.6 is 0 Å². The average Bonchev–Trinajstić information content (AvgIpc) is 2.66. The van der Waals surface area contributed by atoms with Gasteiger partial charge >= 0.3 is 5.97 Å². The van der Waals surface area contributed by atoms with Crippen molar-refractivity contribution in [2.45, 2.75) is 123 Å². The molecular formula is C26H51NO4. The van der Waals surface area contributed by atoms with E-state index in [1.165, 1.54) is 70.6 Å². The highest BCUT2D eigenvalue weighted by molar-refractivity contribution is 5.70. The van der Waals surface area contributed by atoms with Gasteiger partial charge in [-0.25, -0.2) is 0 Å². The second kappa shape index (κ2) is 18.5. The van der Waals surface area contributed by atoms with Crippen LogP contribution in [0.2, 0.25) is 0 Å². The van der Waals surface area contributed by atoms with Gasteiger partial charge in [-0.1, -0.05) is 97.3 Å². The molecule has 0 spiro atoms. The van der Waals surface area contributed by atoms with Crippen LogP contribution in [0.25, 0.3) is 0 Å².